The number of esters is 1. The van der Waals surface area contributed by atoms with E-state index in [1.807, 2.05) is 36.4 Å². The van der Waals surface area contributed by atoms with E-state index in [-0.39, 0.29) is 12.5 Å². The second-order valence-electron chi connectivity index (χ2n) is 6.19. The molecular weight excluding hydrogens is 332 g/mol. The number of carbonyl (C=O) groups is 2. The third kappa shape index (κ3) is 5.89. The van der Waals surface area contributed by atoms with Gasteiger partial charge >= 0.3 is 5.97 Å². The predicted octanol–water partition coefficient (Wildman–Crippen LogP) is 3.35. The molecule has 2 N–H and O–H groups in total. The van der Waals surface area contributed by atoms with Crippen LogP contribution in [-0.2, 0) is 14.3 Å². The highest BCUT2D eigenvalue weighted by Crippen LogP contribution is 2.23. The molecule has 0 spiro atoms. The van der Waals surface area contributed by atoms with E-state index in [1.54, 1.807) is 39.0 Å². The van der Waals surface area contributed by atoms with Gasteiger partial charge in [-0.15, -0.1) is 0 Å². The molecule has 0 bridgehead atoms. The van der Waals surface area contributed by atoms with Crippen molar-refractivity contribution in [2.45, 2.75) is 26.3 Å². The molecular formula is C20H24N2O4. The Kier molecular flexibility index (Phi) is 6.74. The van der Waals surface area contributed by atoms with Crippen LogP contribution in [0.3, 0.4) is 0 Å². The maximum Gasteiger partial charge on any atom is 0.325 e. The molecule has 0 aliphatic carbocycles. The normalized spacial score (nSPS) is 10.9. The van der Waals surface area contributed by atoms with Gasteiger partial charge in [-0.05, 0) is 45.0 Å². The Morgan fingerprint density at radius 2 is 1.69 bits per heavy atom. The van der Waals surface area contributed by atoms with Crippen LogP contribution >= 0.6 is 0 Å². The molecule has 0 fully saturated rings. The number of carbonyl (C=O) groups excluding carboxylic acids is 2. The number of ether oxygens (including phenoxy) is 2. The molecule has 138 valence electrons. The summed E-state index contributed by atoms with van der Waals surface area (Å²) in [5.41, 5.74) is -0.329. The topological polar surface area (TPSA) is 76.7 Å². The molecule has 26 heavy (non-hydrogen) atoms. The Labute approximate surface area is 153 Å². The second-order valence-corrected chi connectivity index (χ2v) is 6.19. The van der Waals surface area contributed by atoms with Crippen molar-refractivity contribution in [3.8, 4) is 11.5 Å². The number of benzene rings is 2. The Morgan fingerprint density at radius 3 is 2.38 bits per heavy atom. The number of nitrogens with one attached hydrogen (secondary N) is 2. The summed E-state index contributed by atoms with van der Waals surface area (Å²) < 4.78 is 10.7. The van der Waals surface area contributed by atoms with Gasteiger partial charge in [0.25, 0.3) is 0 Å². The zero-order chi connectivity index (χ0) is 19.0. The molecule has 2 aromatic rings. The average molecular weight is 356 g/mol. The van der Waals surface area contributed by atoms with Crippen LogP contribution in [0.1, 0.15) is 20.8 Å². The summed E-state index contributed by atoms with van der Waals surface area (Å²) in [6.45, 7) is 5.37. The van der Waals surface area contributed by atoms with Gasteiger partial charge in [-0.1, -0.05) is 24.3 Å². The van der Waals surface area contributed by atoms with Crippen LogP contribution in [0.2, 0.25) is 0 Å². The molecule has 2 rings (SSSR count). The fraction of sp³-hybridized carbons (Fsp3) is 0.300. The minimum atomic E-state index is -0.939. The van der Waals surface area contributed by atoms with E-state index in [1.165, 1.54) is 0 Å². The van der Waals surface area contributed by atoms with E-state index in [0.29, 0.717) is 23.8 Å². The van der Waals surface area contributed by atoms with Crippen LogP contribution < -0.4 is 15.4 Å². The lowest BCUT2D eigenvalue weighted by molar-refractivity contribution is -0.149. The summed E-state index contributed by atoms with van der Waals surface area (Å²) in [5.74, 6) is 0.674. The summed E-state index contributed by atoms with van der Waals surface area (Å²) in [4.78, 5) is 24.0. The summed E-state index contributed by atoms with van der Waals surface area (Å²) in [7, 11) is 0. The largest absolute Gasteiger partial charge is 0.465 e. The SMILES string of the molecule is CCOC(=O)C(C)(C)NCC(=O)Nc1cccc(Oc2ccccc2)c1. The number of hydrogen-bond acceptors (Lipinski definition) is 5. The minimum Gasteiger partial charge on any atom is -0.465 e. The Bertz CT molecular complexity index is 744. The number of rotatable bonds is 8. The van der Waals surface area contributed by atoms with Crippen LogP contribution in [0.15, 0.2) is 54.6 Å². The average Bonchev–Trinajstić information content (AvgIpc) is 2.61. The fourth-order valence-corrected chi connectivity index (χ4v) is 2.15. The van der Waals surface area contributed by atoms with Crippen molar-refractivity contribution in [1.82, 2.24) is 5.32 Å². The van der Waals surface area contributed by atoms with E-state index in [4.69, 9.17) is 9.47 Å². The molecule has 6 heteroatoms. The number of anilines is 1. The van der Waals surface area contributed by atoms with E-state index >= 15 is 0 Å². The van der Waals surface area contributed by atoms with Crippen LogP contribution in [0.4, 0.5) is 5.69 Å². The van der Waals surface area contributed by atoms with Gasteiger partial charge in [0.1, 0.15) is 17.0 Å². The lowest BCUT2D eigenvalue weighted by Crippen LogP contribution is -2.50. The Hall–Kier alpha value is -2.86. The van der Waals surface area contributed by atoms with Gasteiger partial charge < -0.3 is 14.8 Å². The zero-order valence-electron chi connectivity index (χ0n) is 15.2. The van der Waals surface area contributed by atoms with Crippen LogP contribution in [-0.4, -0.2) is 30.6 Å². The third-order valence-corrected chi connectivity index (χ3v) is 3.57. The Morgan fingerprint density at radius 1 is 1.00 bits per heavy atom. The lowest BCUT2D eigenvalue weighted by Gasteiger charge is -2.23. The van der Waals surface area contributed by atoms with Gasteiger partial charge in [-0.2, -0.15) is 0 Å². The fourth-order valence-electron chi connectivity index (χ4n) is 2.15. The second kappa shape index (κ2) is 9.01. The standard InChI is InChI=1S/C20H24N2O4/c1-4-25-19(24)20(2,3)21-14-18(23)22-15-9-8-12-17(13-15)26-16-10-6-5-7-11-16/h5-13,21H,4,14H2,1-3H3,(H,22,23). The lowest BCUT2D eigenvalue weighted by atomic mass is 10.1. The minimum absolute atomic E-state index is 0.0183. The third-order valence-electron chi connectivity index (χ3n) is 3.57. The maximum atomic E-state index is 12.1. The van der Waals surface area contributed by atoms with E-state index in [0.717, 1.165) is 0 Å². The molecule has 6 nitrogen and oxygen atoms in total. The van der Waals surface area contributed by atoms with Crippen molar-refractivity contribution in [1.29, 1.82) is 0 Å². The van der Waals surface area contributed by atoms with Gasteiger partial charge in [0, 0.05) is 11.8 Å². The summed E-state index contributed by atoms with van der Waals surface area (Å²) >= 11 is 0. The van der Waals surface area contributed by atoms with E-state index in [2.05, 4.69) is 10.6 Å². The van der Waals surface area contributed by atoms with Gasteiger partial charge in [0.05, 0.1) is 13.2 Å². The molecule has 2 aromatic carbocycles. The van der Waals surface area contributed by atoms with Gasteiger partial charge in [0.2, 0.25) is 5.91 Å². The molecule has 0 saturated heterocycles. The molecule has 0 saturated carbocycles. The first-order valence-corrected chi connectivity index (χ1v) is 8.46. The highest BCUT2D eigenvalue weighted by atomic mass is 16.5. The highest BCUT2D eigenvalue weighted by molar-refractivity contribution is 5.93. The van der Waals surface area contributed by atoms with Gasteiger partial charge in [-0.3, -0.25) is 14.9 Å². The van der Waals surface area contributed by atoms with Crippen molar-refractivity contribution in [2.75, 3.05) is 18.5 Å². The summed E-state index contributed by atoms with van der Waals surface area (Å²) in [6.07, 6.45) is 0. The molecule has 0 aliphatic heterocycles. The quantitative estimate of drug-likeness (QED) is 0.710. The first-order valence-electron chi connectivity index (χ1n) is 8.46. The number of amides is 1. The van der Waals surface area contributed by atoms with Crippen LogP contribution in [0.5, 0.6) is 11.5 Å². The molecule has 0 radical (unpaired) electrons. The molecule has 0 heterocycles. The number of hydrogen-bond donors (Lipinski definition) is 2. The first-order chi connectivity index (χ1) is 12.4. The molecule has 0 aliphatic rings. The molecule has 0 atom stereocenters. The predicted molar refractivity (Wildman–Crippen MR) is 100 cm³/mol. The molecule has 0 unspecified atom stereocenters. The maximum absolute atomic E-state index is 12.1. The Balaban J connectivity index is 1.91. The molecule has 0 aromatic heterocycles. The van der Waals surface area contributed by atoms with E-state index in [9.17, 15) is 9.59 Å². The monoisotopic (exact) mass is 356 g/mol. The van der Waals surface area contributed by atoms with Crippen LogP contribution in [0.25, 0.3) is 0 Å². The zero-order valence-corrected chi connectivity index (χ0v) is 15.2. The van der Waals surface area contributed by atoms with Crippen LogP contribution in [0, 0.1) is 0 Å². The van der Waals surface area contributed by atoms with Crippen molar-refractivity contribution in [3.63, 3.8) is 0 Å². The first kappa shape index (κ1) is 19.5. The highest BCUT2D eigenvalue weighted by Gasteiger charge is 2.29. The van der Waals surface area contributed by atoms with Crippen molar-refractivity contribution < 1.29 is 19.1 Å². The summed E-state index contributed by atoms with van der Waals surface area (Å²) in [5, 5.41) is 5.68. The van der Waals surface area contributed by atoms with E-state index < -0.39 is 11.5 Å². The van der Waals surface area contributed by atoms with Crippen molar-refractivity contribution >= 4 is 17.6 Å². The smallest absolute Gasteiger partial charge is 0.325 e. The number of para-hydroxylation sites is 1. The van der Waals surface area contributed by atoms with Gasteiger partial charge in [0.15, 0.2) is 0 Å². The van der Waals surface area contributed by atoms with Crippen molar-refractivity contribution in [3.05, 3.63) is 54.6 Å². The summed E-state index contributed by atoms with van der Waals surface area (Å²) in [6, 6.07) is 16.5. The molecule has 1 amide bonds. The van der Waals surface area contributed by atoms with Gasteiger partial charge in [-0.25, -0.2) is 0 Å². The van der Waals surface area contributed by atoms with Crippen molar-refractivity contribution in [2.24, 2.45) is 0 Å².